The molecule has 1 aromatic heterocycles. The van der Waals surface area contributed by atoms with Crippen LogP contribution in [0.25, 0.3) is 0 Å². The van der Waals surface area contributed by atoms with Gasteiger partial charge in [-0.1, -0.05) is 0 Å². The molecule has 98 valence electrons. The van der Waals surface area contributed by atoms with E-state index < -0.39 is 5.97 Å². The van der Waals surface area contributed by atoms with Crippen molar-refractivity contribution >= 4 is 11.9 Å². The molecule has 0 bridgehead atoms. The molecule has 7 heteroatoms. The first-order valence-corrected chi connectivity index (χ1v) is 5.43. The van der Waals surface area contributed by atoms with Crippen molar-refractivity contribution in [1.82, 2.24) is 20.0 Å². The van der Waals surface area contributed by atoms with E-state index in [-0.39, 0.29) is 12.5 Å². The first-order chi connectivity index (χ1) is 8.50. The van der Waals surface area contributed by atoms with Crippen LogP contribution < -0.4 is 0 Å². The number of nitrogens with zero attached hydrogens (tertiary/aromatic N) is 4. The highest BCUT2D eigenvalue weighted by atomic mass is 16.4. The summed E-state index contributed by atoms with van der Waals surface area (Å²) in [5.41, 5.74) is 0.338. The van der Waals surface area contributed by atoms with Crippen LogP contribution >= 0.6 is 0 Å². The maximum atomic E-state index is 12.1. The number of carbonyl (C=O) groups excluding carboxylic acids is 1. The molecule has 7 nitrogen and oxygen atoms in total. The number of carboxylic acids is 1. The molecule has 1 rings (SSSR count). The summed E-state index contributed by atoms with van der Waals surface area (Å²) >= 11 is 0. The topological polar surface area (TPSA) is 86.6 Å². The van der Waals surface area contributed by atoms with Crippen LogP contribution in [0.3, 0.4) is 0 Å². The minimum absolute atomic E-state index is 0.324. The summed E-state index contributed by atoms with van der Waals surface area (Å²) in [6, 6.07) is 1.51. The molecule has 0 aliphatic carbocycles. The fraction of sp³-hybridized carbons (Fsp3) is 0.455. The molecule has 0 fully saturated rings. The van der Waals surface area contributed by atoms with E-state index >= 15 is 0 Å². The Kier molecular flexibility index (Phi) is 5.19. The summed E-state index contributed by atoms with van der Waals surface area (Å²) < 4.78 is 0. The molecule has 0 aromatic carbocycles. The first-order valence-electron chi connectivity index (χ1n) is 5.43. The van der Waals surface area contributed by atoms with Crippen molar-refractivity contribution < 1.29 is 14.7 Å². The van der Waals surface area contributed by atoms with E-state index in [1.165, 1.54) is 23.4 Å². The van der Waals surface area contributed by atoms with Gasteiger partial charge in [-0.05, 0) is 20.2 Å². The molecule has 0 saturated carbocycles. The van der Waals surface area contributed by atoms with Crippen LogP contribution in [-0.2, 0) is 4.79 Å². The smallest absolute Gasteiger partial charge is 0.323 e. The third-order valence-corrected chi connectivity index (χ3v) is 2.26. The molecule has 0 radical (unpaired) electrons. The Morgan fingerprint density at radius 2 is 2.00 bits per heavy atom. The number of aromatic nitrogens is 2. The summed E-state index contributed by atoms with van der Waals surface area (Å²) in [7, 11) is 3.72. The molecule has 0 aliphatic heterocycles. The lowest BCUT2D eigenvalue weighted by atomic mass is 10.2. The number of amides is 1. The Bertz CT molecular complexity index is 408. The number of carboxylic acid groups (broad SMARTS) is 1. The third kappa shape index (κ3) is 4.46. The van der Waals surface area contributed by atoms with E-state index in [4.69, 9.17) is 5.11 Å². The normalized spacial score (nSPS) is 10.4. The van der Waals surface area contributed by atoms with Gasteiger partial charge < -0.3 is 14.9 Å². The number of hydrogen-bond donors (Lipinski definition) is 1. The quantitative estimate of drug-likeness (QED) is 0.739. The van der Waals surface area contributed by atoms with E-state index in [1.54, 1.807) is 0 Å². The zero-order valence-corrected chi connectivity index (χ0v) is 10.4. The number of hydrogen-bond acceptors (Lipinski definition) is 5. The SMILES string of the molecule is CN(C)CCN(CC(=O)O)C(=O)c1ccnnc1. The number of likely N-dealkylation sites (N-methyl/N-ethyl adjacent to an activating group) is 1. The molecule has 0 saturated heterocycles. The van der Waals surface area contributed by atoms with Gasteiger partial charge in [0.1, 0.15) is 6.54 Å². The van der Waals surface area contributed by atoms with Gasteiger partial charge in [0.15, 0.2) is 0 Å². The zero-order chi connectivity index (χ0) is 13.5. The lowest BCUT2D eigenvalue weighted by molar-refractivity contribution is -0.137. The van der Waals surface area contributed by atoms with Crippen LogP contribution in [0.5, 0.6) is 0 Å². The fourth-order valence-electron chi connectivity index (χ4n) is 1.34. The van der Waals surface area contributed by atoms with E-state index in [9.17, 15) is 9.59 Å². The molecule has 0 aliphatic rings. The van der Waals surface area contributed by atoms with E-state index in [2.05, 4.69) is 10.2 Å². The predicted molar refractivity (Wildman–Crippen MR) is 64.1 cm³/mol. The van der Waals surface area contributed by atoms with Crippen molar-refractivity contribution in [2.75, 3.05) is 33.7 Å². The van der Waals surface area contributed by atoms with Gasteiger partial charge in [-0.25, -0.2) is 0 Å². The van der Waals surface area contributed by atoms with Crippen molar-refractivity contribution in [3.05, 3.63) is 24.0 Å². The second-order valence-corrected chi connectivity index (χ2v) is 4.05. The van der Waals surface area contributed by atoms with Gasteiger partial charge in [0.25, 0.3) is 5.91 Å². The molecule has 0 atom stereocenters. The Hall–Kier alpha value is -2.02. The van der Waals surface area contributed by atoms with Crippen LogP contribution in [-0.4, -0.2) is 70.7 Å². The Balaban J connectivity index is 2.75. The Labute approximate surface area is 105 Å². The van der Waals surface area contributed by atoms with Crippen molar-refractivity contribution in [3.8, 4) is 0 Å². The fourth-order valence-corrected chi connectivity index (χ4v) is 1.34. The molecule has 0 spiro atoms. The summed E-state index contributed by atoms with van der Waals surface area (Å²) in [6.07, 6.45) is 2.73. The van der Waals surface area contributed by atoms with Crippen LogP contribution in [0.4, 0.5) is 0 Å². The largest absolute Gasteiger partial charge is 0.480 e. The van der Waals surface area contributed by atoms with Gasteiger partial charge in [0.05, 0.1) is 18.0 Å². The summed E-state index contributed by atoms with van der Waals surface area (Å²) in [4.78, 5) is 26.0. The highest BCUT2D eigenvalue weighted by molar-refractivity contribution is 5.95. The molecule has 1 N–H and O–H groups in total. The van der Waals surface area contributed by atoms with Crippen LogP contribution in [0.15, 0.2) is 18.5 Å². The summed E-state index contributed by atoms with van der Waals surface area (Å²) in [5.74, 6) is -1.39. The van der Waals surface area contributed by atoms with E-state index in [1.807, 2.05) is 19.0 Å². The highest BCUT2D eigenvalue weighted by Gasteiger charge is 2.18. The van der Waals surface area contributed by atoms with E-state index in [0.717, 1.165) is 0 Å². The zero-order valence-electron chi connectivity index (χ0n) is 10.4. The lowest BCUT2D eigenvalue weighted by Gasteiger charge is -2.22. The van der Waals surface area contributed by atoms with Crippen molar-refractivity contribution in [1.29, 1.82) is 0 Å². The number of carbonyl (C=O) groups is 2. The third-order valence-electron chi connectivity index (χ3n) is 2.26. The predicted octanol–water partition coefficient (Wildman–Crippen LogP) is -0.435. The van der Waals surface area contributed by atoms with Crippen molar-refractivity contribution in [2.45, 2.75) is 0 Å². The molecule has 1 amide bonds. The molecule has 0 unspecified atom stereocenters. The molecular weight excluding hydrogens is 236 g/mol. The highest BCUT2D eigenvalue weighted by Crippen LogP contribution is 2.02. The average molecular weight is 252 g/mol. The maximum Gasteiger partial charge on any atom is 0.323 e. The molecule has 18 heavy (non-hydrogen) atoms. The molecule has 1 heterocycles. The minimum Gasteiger partial charge on any atom is -0.480 e. The Morgan fingerprint density at radius 3 is 2.50 bits per heavy atom. The second-order valence-electron chi connectivity index (χ2n) is 4.05. The van der Waals surface area contributed by atoms with Gasteiger partial charge in [0, 0.05) is 13.1 Å². The average Bonchev–Trinajstić information content (AvgIpc) is 2.34. The van der Waals surface area contributed by atoms with Gasteiger partial charge in [0.2, 0.25) is 0 Å². The second kappa shape index (κ2) is 6.65. The lowest BCUT2D eigenvalue weighted by Crippen LogP contribution is -2.40. The maximum absolute atomic E-state index is 12.1. The van der Waals surface area contributed by atoms with Crippen molar-refractivity contribution in [2.24, 2.45) is 0 Å². The Morgan fingerprint density at radius 1 is 1.28 bits per heavy atom. The standard InChI is InChI=1S/C11H16N4O3/c1-14(2)5-6-15(8-10(16)17)11(18)9-3-4-12-13-7-9/h3-4,7H,5-6,8H2,1-2H3,(H,16,17). The van der Waals surface area contributed by atoms with Crippen LogP contribution in [0.1, 0.15) is 10.4 Å². The van der Waals surface area contributed by atoms with Gasteiger partial charge in [-0.15, -0.1) is 0 Å². The summed E-state index contributed by atoms with van der Waals surface area (Å²) in [6.45, 7) is 0.618. The first kappa shape index (κ1) is 14.0. The molecule has 1 aromatic rings. The van der Waals surface area contributed by atoms with Gasteiger partial charge in [-0.2, -0.15) is 10.2 Å². The van der Waals surface area contributed by atoms with E-state index in [0.29, 0.717) is 18.7 Å². The number of aliphatic carboxylic acids is 1. The summed E-state index contributed by atoms with van der Waals surface area (Å²) in [5, 5.41) is 16.0. The minimum atomic E-state index is -1.04. The van der Waals surface area contributed by atoms with Crippen LogP contribution in [0, 0.1) is 0 Å². The van der Waals surface area contributed by atoms with Gasteiger partial charge >= 0.3 is 5.97 Å². The monoisotopic (exact) mass is 252 g/mol. The van der Waals surface area contributed by atoms with Crippen LogP contribution in [0.2, 0.25) is 0 Å². The molecular formula is C11H16N4O3. The van der Waals surface area contributed by atoms with Gasteiger partial charge in [-0.3, -0.25) is 9.59 Å². The van der Waals surface area contributed by atoms with Crippen molar-refractivity contribution in [3.63, 3.8) is 0 Å². The number of rotatable bonds is 6.